The number of rotatable bonds is 4. The first-order chi connectivity index (χ1) is 20.7. The quantitative estimate of drug-likeness (QED) is 0.197. The van der Waals surface area contributed by atoms with Gasteiger partial charge in [-0.15, -0.1) is 0 Å². The fourth-order valence-corrected chi connectivity index (χ4v) is 14.8. The standard InChI is InChI=1S/C41H64O3/c1-23(2)25-13-15-30-36-28(21-32-40(30,8)18-11-19-41(32,9)37(43)44-22-42)34-26(24(3)4)12-14-29-35(34)27(33(25)36)20-31-38(5,6)16-10-17-39(29,31)7/h23-24,27-32,35-36,42H,10-22H2,1-9H3. The van der Waals surface area contributed by atoms with Gasteiger partial charge in [-0.05, 0) is 147 Å². The van der Waals surface area contributed by atoms with Crippen molar-refractivity contribution in [3.05, 3.63) is 22.3 Å². The van der Waals surface area contributed by atoms with Gasteiger partial charge in [-0.25, -0.2) is 0 Å². The summed E-state index contributed by atoms with van der Waals surface area (Å²) in [5.74, 6) is 6.27. The molecule has 0 aromatic rings. The summed E-state index contributed by atoms with van der Waals surface area (Å²) in [4.78, 5) is 13.8. The van der Waals surface area contributed by atoms with Crippen molar-refractivity contribution in [2.24, 2.45) is 80.8 Å². The zero-order valence-electron chi connectivity index (χ0n) is 29.7. The molecule has 5 saturated carbocycles. The van der Waals surface area contributed by atoms with Crippen molar-refractivity contribution < 1.29 is 14.6 Å². The Morgan fingerprint density at radius 1 is 0.750 bits per heavy atom. The minimum atomic E-state index is -0.511. The number of aliphatic hydroxyl groups is 1. The van der Waals surface area contributed by atoms with Crippen LogP contribution in [-0.2, 0) is 9.53 Å². The molecule has 0 aromatic carbocycles. The van der Waals surface area contributed by atoms with E-state index in [4.69, 9.17) is 4.74 Å². The lowest BCUT2D eigenvalue weighted by molar-refractivity contribution is -0.189. The van der Waals surface area contributed by atoms with Crippen LogP contribution in [0.15, 0.2) is 22.3 Å². The van der Waals surface area contributed by atoms with Crippen LogP contribution in [0.2, 0.25) is 0 Å². The molecular formula is C41H64O3. The lowest BCUT2D eigenvalue weighted by Gasteiger charge is -2.70. The van der Waals surface area contributed by atoms with Crippen molar-refractivity contribution in [1.29, 1.82) is 0 Å². The number of carbonyl (C=O) groups is 1. The number of ether oxygens (including phenoxy) is 1. The number of fused-ring (bicyclic) bond motifs is 6. The highest BCUT2D eigenvalue weighted by Crippen LogP contribution is 2.76. The van der Waals surface area contributed by atoms with E-state index in [1.54, 1.807) is 0 Å². The minimum Gasteiger partial charge on any atom is -0.438 e. The molecule has 0 radical (unpaired) electrons. The highest BCUT2D eigenvalue weighted by atomic mass is 16.6. The Morgan fingerprint density at radius 2 is 1.23 bits per heavy atom. The van der Waals surface area contributed by atoms with E-state index in [0.29, 0.717) is 52.3 Å². The molecule has 0 spiro atoms. The van der Waals surface area contributed by atoms with Gasteiger partial charge >= 0.3 is 5.97 Å². The molecule has 5 fully saturated rings. The predicted molar refractivity (Wildman–Crippen MR) is 178 cm³/mol. The predicted octanol–water partition coefficient (Wildman–Crippen LogP) is 10.1. The molecule has 7 rings (SSSR count). The maximum Gasteiger partial charge on any atom is 0.314 e. The van der Waals surface area contributed by atoms with E-state index in [2.05, 4.69) is 62.3 Å². The Kier molecular flexibility index (Phi) is 7.49. The van der Waals surface area contributed by atoms with Crippen LogP contribution in [0.4, 0.5) is 0 Å². The van der Waals surface area contributed by atoms with Crippen molar-refractivity contribution in [3.8, 4) is 0 Å². The van der Waals surface area contributed by atoms with E-state index in [1.165, 1.54) is 57.8 Å². The number of hydrogen-bond donors (Lipinski definition) is 1. The zero-order valence-corrected chi connectivity index (χ0v) is 29.7. The molecule has 44 heavy (non-hydrogen) atoms. The number of aliphatic hydroxyl groups excluding tert-OH is 1. The van der Waals surface area contributed by atoms with Crippen molar-refractivity contribution in [3.63, 3.8) is 0 Å². The number of carbonyl (C=O) groups excluding carboxylic acids is 1. The van der Waals surface area contributed by atoms with Gasteiger partial charge in [0.25, 0.3) is 0 Å². The summed E-state index contributed by atoms with van der Waals surface area (Å²) < 4.78 is 5.48. The lowest BCUT2D eigenvalue weighted by atomic mass is 9.34. The van der Waals surface area contributed by atoms with Crippen LogP contribution in [0.3, 0.4) is 0 Å². The third kappa shape index (κ3) is 4.11. The van der Waals surface area contributed by atoms with Crippen LogP contribution in [0.25, 0.3) is 0 Å². The molecule has 0 aromatic heterocycles. The molecule has 0 saturated heterocycles. The van der Waals surface area contributed by atoms with Gasteiger partial charge in [0.2, 0.25) is 0 Å². The van der Waals surface area contributed by atoms with Crippen molar-refractivity contribution in [1.82, 2.24) is 0 Å². The van der Waals surface area contributed by atoms with Gasteiger partial charge in [0.15, 0.2) is 6.79 Å². The number of hydrogen-bond acceptors (Lipinski definition) is 3. The highest BCUT2D eigenvalue weighted by Gasteiger charge is 2.68. The molecule has 0 amide bonds. The molecule has 3 heteroatoms. The number of esters is 1. The van der Waals surface area contributed by atoms with Gasteiger partial charge in [0.05, 0.1) is 5.41 Å². The van der Waals surface area contributed by atoms with Crippen LogP contribution >= 0.6 is 0 Å². The Bertz CT molecular complexity index is 1250. The Morgan fingerprint density at radius 3 is 1.73 bits per heavy atom. The van der Waals surface area contributed by atoms with E-state index in [-0.39, 0.29) is 11.4 Å². The van der Waals surface area contributed by atoms with E-state index < -0.39 is 12.2 Å². The first-order valence-electron chi connectivity index (χ1n) is 18.9. The summed E-state index contributed by atoms with van der Waals surface area (Å²) in [5, 5.41) is 9.69. The third-order valence-corrected chi connectivity index (χ3v) is 16.4. The van der Waals surface area contributed by atoms with Crippen LogP contribution < -0.4 is 0 Å². The SMILES string of the molecule is CC(C)C1=C2C3CC4C(C)(C(=O)OCO)CCCC4(C)C4CCC(C(C)C)=C(C5CC6C(C)(C)CCCC6(C)C(CC1)C25)C34. The maximum atomic E-state index is 13.8. The molecule has 246 valence electrons. The van der Waals surface area contributed by atoms with Gasteiger partial charge in [-0.2, -0.15) is 0 Å². The molecular weight excluding hydrogens is 540 g/mol. The van der Waals surface area contributed by atoms with Crippen molar-refractivity contribution >= 4 is 5.97 Å². The second kappa shape index (κ2) is 10.5. The zero-order chi connectivity index (χ0) is 31.6. The summed E-state index contributed by atoms with van der Waals surface area (Å²) in [6.07, 6.45) is 15.2. The largest absolute Gasteiger partial charge is 0.438 e. The fraction of sp³-hybridized carbons (Fsp3) is 0.878. The molecule has 11 unspecified atom stereocenters. The topological polar surface area (TPSA) is 46.5 Å². The molecule has 1 N–H and O–H groups in total. The fourth-order valence-electron chi connectivity index (χ4n) is 14.8. The normalized spacial score (nSPS) is 47.5. The molecule has 7 aliphatic rings. The molecule has 0 bridgehead atoms. The van der Waals surface area contributed by atoms with Gasteiger partial charge in [-0.1, -0.05) is 90.5 Å². The second-order valence-corrected chi connectivity index (χ2v) is 19.1. The van der Waals surface area contributed by atoms with Gasteiger partial charge < -0.3 is 9.84 Å². The van der Waals surface area contributed by atoms with E-state index in [0.717, 1.165) is 37.0 Å². The molecule has 0 aliphatic heterocycles. The van der Waals surface area contributed by atoms with E-state index in [9.17, 15) is 9.90 Å². The summed E-state index contributed by atoms with van der Waals surface area (Å²) in [5.41, 5.74) is 8.01. The van der Waals surface area contributed by atoms with Crippen LogP contribution in [0.1, 0.15) is 139 Å². The van der Waals surface area contributed by atoms with E-state index in [1.807, 2.05) is 22.3 Å². The summed E-state index contributed by atoms with van der Waals surface area (Å²) in [7, 11) is 0. The Labute approximate surface area is 269 Å². The van der Waals surface area contributed by atoms with Crippen molar-refractivity contribution in [2.75, 3.05) is 6.79 Å². The molecule has 11 atom stereocenters. The summed E-state index contributed by atoms with van der Waals surface area (Å²) in [6.45, 7) is 22.3. The summed E-state index contributed by atoms with van der Waals surface area (Å²) >= 11 is 0. The lowest BCUT2D eigenvalue weighted by Crippen LogP contribution is -2.64. The van der Waals surface area contributed by atoms with Crippen LogP contribution in [0, 0.1) is 80.8 Å². The maximum absolute atomic E-state index is 13.8. The second-order valence-electron chi connectivity index (χ2n) is 19.1. The number of allylic oxidation sites excluding steroid dienone is 4. The smallest absolute Gasteiger partial charge is 0.314 e. The molecule has 7 aliphatic carbocycles. The first kappa shape index (κ1) is 31.5. The van der Waals surface area contributed by atoms with Crippen molar-refractivity contribution in [2.45, 2.75) is 139 Å². The average Bonchev–Trinajstić information content (AvgIpc) is 2.95. The van der Waals surface area contributed by atoms with Crippen LogP contribution in [0.5, 0.6) is 0 Å². The van der Waals surface area contributed by atoms with Gasteiger partial charge in [0, 0.05) is 0 Å². The highest BCUT2D eigenvalue weighted by molar-refractivity contribution is 5.77. The molecule has 3 nitrogen and oxygen atoms in total. The van der Waals surface area contributed by atoms with Crippen LogP contribution in [-0.4, -0.2) is 17.9 Å². The molecule has 0 heterocycles. The Hall–Kier alpha value is -1.09. The summed E-state index contributed by atoms with van der Waals surface area (Å²) in [6, 6.07) is 0. The van der Waals surface area contributed by atoms with E-state index >= 15 is 0 Å². The third-order valence-electron chi connectivity index (χ3n) is 16.4. The first-order valence-corrected chi connectivity index (χ1v) is 18.9. The average molecular weight is 605 g/mol. The monoisotopic (exact) mass is 604 g/mol. The Balaban J connectivity index is 1.46. The van der Waals surface area contributed by atoms with Gasteiger partial charge in [0.1, 0.15) is 0 Å². The van der Waals surface area contributed by atoms with Gasteiger partial charge in [-0.3, -0.25) is 4.79 Å². The minimum absolute atomic E-state index is 0.142.